The summed E-state index contributed by atoms with van der Waals surface area (Å²) in [4.78, 5) is 6.73. The molecule has 0 radical (unpaired) electrons. The Morgan fingerprint density at radius 2 is 1.71 bits per heavy atom. The van der Waals surface area contributed by atoms with Crippen LogP contribution in [0.15, 0.2) is 4.99 Å². The third-order valence-electron chi connectivity index (χ3n) is 14.3. The van der Waals surface area contributed by atoms with Crippen LogP contribution >= 0.6 is 0 Å². The molecule has 5 rings (SSSR count). The van der Waals surface area contributed by atoms with Crippen LogP contribution in [0.4, 0.5) is 0 Å². The molecule has 4 saturated carbocycles. The van der Waals surface area contributed by atoms with Crippen LogP contribution in [0.1, 0.15) is 125 Å². The molecule has 0 aromatic heterocycles. The van der Waals surface area contributed by atoms with Crippen molar-refractivity contribution in [3.63, 3.8) is 0 Å². The molecule has 11 atom stereocenters. The third kappa shape index (κ3) is 9.17. The molecule has 278 valence electrons. The van der Waals surface area contributed by atoms with Gasteiger partial charge in [0.25, 0.3) is 0 Å². The molecule has 1 heterocycles. The minimum Gasteiger partial charge on any atom is -0.393 e. The SMILES string of the molecule is CC(C)[C@@H](CC[C@@H](C)[C@H]1CCC2C3C(CC[C@@]21C)[C@@]1(C)CC[C@H](NCCCNCCCCN2C=NCCC2)C[C@@H]1C[C@H]3O)OS(=O)(=O)O. The molecule has 3 unspecified atom stereocenters. The molecule has 4 fully saturated rings. The monoisotopic (exact) mass is 695 g/mol. The number of aliphatic hydroxyl groups is 1. The number of nitrogens with one attached hydrogen (secondary N) is 2. The number of hydrogen-bond donors (Lipinski definition) is 4. The van der Waals surface area contributed by atoms with Gasteiger partial charge in [-0.1, -0.05) is 34.6 Å². The molecule has 0 spiro atoms. The van der Waals surface area contributed by atoms with Crippen LogP contribution in [-0.2, 0) is 14.6 Å². The summed E-state index contributed by atoms with van der Waals surface area (Å²) in [5, 5.41) is 19.4. The highest BCUT2D eigenvalue weighted by Gasteiger charge is 2.62. The van der Waals surface area contributed by atoms with Gasteiger partial charge in [0, 0.05) is 25.7 Å². The Balaban J connectivity index is 1.06. The Kier molecular flexibility index (Phi) is 13.4. The summed E-state index contributed by atoms with van der Waals surface area (Å²) in [6.07, 6.45) is 17.2. The van der Waals surface area contributed by atoms with E-state index in [2.05, 4.69) is 41.3 Å². The molecule has 1 aliphatic heterocycles. The van der Waals surface area contributed by atoms with Crippen molar-refractivity contribution in [3.8, 4) is 0 Å². The number of unbranched alkanes of at least 4 members (excludes halogenated alkanes) is 1. The second-order valence-corrected chi connectivity index (χ2v) is 18.6. The maximum Gasteiger partial charge on any atom is 0.397 e. The van der Waals surface area contributed by atoms with Gasteiger partial charge in [-0.25, -0.2) is 4.18 Å². The van der Waals surface area contributed by atoms with Crippen molar-refractivity contribution in [1.29, 1.82) is 0 Å². The topological polar surface area (TPSA) is 123 Å². The van der Waals surface area contributed by atoms with Gasteiger partial charge in [0.15, 0.2) is 0 Å². The number of rotatable bonds is 17. The van der Waals surface area contributed by atoms with Crippen LogP contribution in [0, 0.1) is 52.3 Å². The minimum absolute atomic E-state index is 0.0144. The largest absolute Gasteiger partial charge is 0.397 e. The second-order valence-electron chi connectivity index (χ2n) is 17.5. The van der Waals surface area contributed by atoms with Crippen molar-refractivity contribution < 1.29 is 22.3 Å². The van der Waals surface area contributed by atoms with Gasteiger partial charge in [0.1, 0.15) is 0 Å². The van der Waals surface area contributed by atoms with Crippen LogP contribution in [0.3, 0.4) is 0 Å². The van der Waals surface area contributed by atoms with Gasteiger partial charge in [-0.3, -0.25) is 9.55 Å². The fourth-order valence-corrected chi connectivity index (χ4v) is 12.3. The van der Waals surface area contributed by atoms with Crippen molar-refractivity contribution in [2.75, 3.05) is 39.3 Å². The van der Waals surface area contributed by atoms with E-state index < -0.39 is 16.5 Å². The lowest BCUT2D eigenvalue weighted by Crippen LogP contribution is -2.59. The smallest absolute Gasteiger partial charge is 0.393 e. The molecule has 5 aliphatic rings. The molecule has 0 bridgehead atoms. The molecule has 9 nitrogen and oxygen atoms in total. The molecule has 4 N–H and O–H groups in total. The zero-order chi connectivity index (χ0) is 34.5. The first-order valence-electron chi connectivity index (χ1n) is 19.8. The normalized spacial score (nSPS) is 38.0. The molecule has 0 amide bonds. The highest BCUT2D eigenvalue weighted by Crippen LogP contribution is 2.68. The van der Waals surface area contributed by atoms with E-state index in [1.807, 2.05) is 20.2 Å². The Morgan fingerprint density at radius 1 is 0.958 bits per heavy atom. The van der Waals surface area contributed by atoms with Gasteiger partial charge in [-0.2, -0.15) is 8.42 Å². The van der Waals surface area contributed by atoms with Gasteiger partial charge >= 0.3 is 10.4 Å². The highest BCUT2D eigenvalue weighted by atomic mass is 32.3. The van der Waals surface area contributed by atoms with E-state index in [-0.39, 0.29) is 17.4 Å². The summed E-state index contributed by atoms with van der Waals surface area (Å²) in [5.74, 6) is 3.21. The van der Waals surface area contributed by atoms with Crippen molar-refractivity contribution in [2.24, 2.45) is 57.2 Å². The molecular formula is C38H70N4O5S. The average Bonchev–Trinajstić information content (AvgIpc) is 3.39. The number of hydrogen-bond acceptors (Lipinski definition) is 8. The first kappa shape index (κ1) is 38.5. The van der Waals surface area contributed by atoms with E-state index in [0.717, 1.165) is 58.5 Å². The van der Waals surface area contributed by atoms with Crippen LogP contribution in [0.2, 0.25) is 0 Å². The van der Waals surface area contributed by atoms with Gasteiger partial charge in [0.2, 0.25) is 0 Å². The van der Waals surface area contributed by atoms with E-state index in [0.29, 0.717) is 53.4 Å². The van der Waals surface area contributed by atoms with Crippen molar-refractivity contribution >= 4 is 16.7 Å². The molecule has 0 aromatic carbocycles. The fraction of sp³-hybridized carbons (Fsp3) is 0.974. The fourth-order valence-electron chi connectivity index (χ4n) is 11.6. The molecule has 4 aliphatic carbocycles. The Bertz CT molecular complexity index is 1150. The summed E-state index contributed by atoms with van der Waals surface area (Å²) in [7, 11) is -4.46. The lowest BCUT2D eigenvalue weighted by molar-refractivity contribution is -0.167. The predicted octanol–water partition coefficient (Wildman–Crippen LogP) is 6.33. The van der Waals surface area contributed by atoms with E-state index in [1.165, 1.54) is 64.2 Å². The van der Waals surface area contributed by atoms with E-state index in [4.69, 9.17) is 4.18 Å². The van der Waals surface area contributed by atoms with Crippen molar-refractivity contribution in [3.05, 3.63) is 0 Å². The van der Waals surface area contributed by atoms with E-state index in [9.17, 15) is 18.1 Å². The summed E-state index contributed by atoms with van der Waals surface area (Å²) in [5.41, 5.74) is 0.545. The summed E-state index contributed by atoms with van der Waals surface area (Å²) >= 11 is 0. The lowest BCUT2D eigenvalue weighted by atomic mass is 9.43. The Hall–Kier alpha value is -0.780. The summed E-state index contributed by atoms with van der Waals surface area (Å²) < 4.78 is 37.2. The van der Waals surface area contributed by atoms with Gasteiger partial charge < -0.3 is 20.6 Å². The van der Waals surface area contributed by atoms with Gasteiger partial charge in [0.05, 0.1) is 18.5 Å². The number of aliphatic hydroxyl groups excluding tert-OH is 1. The molecule has 48 heavy (non-hydrogen) atoms. The highest BCUT2D eigenvalue weighted by molar-refractivity contribution is 7.80. The maximum atomic E-state index is 11.8. The number of nitrogens with zero attached hydrogens (tertiary/aromatic N) is 2. The maximum absolute atomic E-state index is 11.8. The summed E-state index contributed by atoms with van der Waals surface area (Å²) in [6, 6.07) is 0.572. The molecule has 0 saturated heterocycles. The quantitative estimate of drug-likeness (QED) is 0.103. The first-order valence-corrected chi connectivity index (χ1v) is 21.2. The Morgan fingerprint density at radius 3 is 2.44 bits per heavy atom. The summed E-state index contributed by atoms with van der Waals surface area (Å²) in [6.45, 7) is 17.8. The number of fused-ring (bicyclic) bond motifs is 5. The zero-order valence-electron chi connectivity index (χ0n) is 30.9. The Labute approximate surface area is 293 Å². The first-order chi connectivity index (χ1) is 22.8. The van der Waals surface area contributed by atoms with Gasteiger partial charge in [-0.05, 0) is 162 Å². The van der Waals surface area contributed by atoms with Crippen LogP contribution in [0.5, 0.6) is 0 Å². The third-order valence-corrected chi connectivity index (χ3v) is 14.8. The number of aliphatic imine (C=N–C) groups is 1. The van der Waals surface area contributed by atoms with Crippen molar-refractivity contribution in [1.82, 2.24) is 15.5 Å². The standard InChI is InChI=1S/C38H70N4O5S/c1-27(2)35(47-48(44,45)46)13-10-28(3)31-11-12-32-36-33(15-17-38(31,32)5)37(4)16-14-30(24-29(37)25-34(36)43)41-21-8-19-39-18-6-7-22-42-23-9-20-40-26-42/h26-36,39,41,43H,6-25H2,1-5H3,(H,44,45,46)/t28-,29-,30+,31-,32?,33?,34-,35-,36?,37+,38-/m1/s1. The molecular weight excluding hydrogens is 625 g/mol. The average molecular weight is 695 g/mol. The second kappa shape index (κ2) is 16.7. The predicted molar refractivity (Wildman–Crippen MR) is 194 cm³/mol. The molecule has 0 aromatic rings. The van der Waals surface area contributed by atoms with E-state index >= 15 is 0 Å². The van der Waals surface area contributed by atoms with Crippen LogP contribution in [0.25, 0.3) is 0 Å². The minimum atomic E-state index is -4.46. The van der Waals surface area contributed by atoms with Gasteiger partial charge in [-0.15, -0.1) is 0 Å². The van der Waals surface area contributed by atoms with E-state index in [1.54, 1.807) is 0 Å². The van der Waals surface area contributed by atoms with Crippen LogP contribution in [-0.4, -0.2) is 86.8 Å². The molecule has 10 heteroatoms. The van der Waals surface area contributed by atoms with Crippen LogP contribution < -0.4 is 10.6 Å². The zero-order valence-corrected chi connectivity index (χ0v) is 31.7. The van der Waals surface area contributed by atoms with Crippen molar-refractivity contribution in [2.45, 2.75) is 143 Å². The lowest BCUT2D eigenvalue weighted by Gasteiger charge is -2.62.